The van der Waals surface area contributed by atoms with E-state index in [1.54, 1.807) is 6.92 Å². The van der Waals surface area contributed by atoms with E-state index < -0.39 is 23.9 Å². The highest BCUT2D eigenvalue weighted by molar-refractivity contribution is 5.37. The van der Waals surface area contributed by atoms with Gasteiger partial charge in [0.2, 0.25) is 0 Å². The molecular weight excluding hydrogens is 221 g/mol. The van der Waals surface area contributed by atoms with E-state index in [4.69, 9.17) is 4.74 Å². The molecule has 2 atom stereocenters. The Morgan fingerprint density at radius 3 is 2.62 bits per heavy atom. The van der Waals surface area contributed by atoms with Gasteiger partial charge in [-0.05, 0) is 30.2 Å². The van der Waals surface area contributed by atoms with E-state index in [0.29, 0.717) is 11.1 Å². The van der Waals surface area contributed by atoms with E-state index in [1.165, 1.54) is 6.07 Å². The minimum Gasteiger partial charge on any atom is -0.386 e. The first kappa shape index (κ1) is 11.4. The molecule has 16 heavy (non-hydrogen) atoms. The van der Waals surface area contributed by atoms with Crippen LogP contribution in [-0.2, 0) is 10.9 Å². The quantitative estimate of drug-likeness (QED) is 0.745. The van der Waals surface area contributed by atoms with Crippen LogP contribution in [0, 0.1) is 0 Å². The zero-order valence-corrected chi connectivity index (χ0v) is 8.58. The second-order valence-electron chi connectivity index (χ2n) is 3.83. The zero-order chi connectivity index (χ0) is 11.9. The average Bonchev–Trinajstić information content (AvgIpc) is 2.22. The van der Waals surface area contributed by atoms with Crippen LogP contribution in [0.4, 0.5) is 13.2 Å². The van der Waals surface area contributed by atoms with Gasteiger partial charge in [-0.2, -0.15) is 13.2 Å². The fourth-order valence-corrected chi connectivity index (χ4v) is 1.82. The van der Waals surface area contributed by atoms with Crippen molar-refractivity contribution in [2.45, 2.75) is 25.3 Å². The number of alkyl halides is 3. The molecule has 88 valence electrons. The topological polar surface area (TPSA) is 29.5 Å². The average molecular weight is 232 g/mol. The molecule has 2 rings (SSSR count). The van der Waals surface area contributed by atoms with Crippen molar-refractivity contribution in [2.75, 3.05) is 6.61 Å². The van der Waals surface area contributed by atoms with Crippen molar-refractivity contribution in [3.63, 3.8) is 0 Å². The summed E-state index contributed by atoms with van der Waals surface area (Å²) in [5, 5.41) is 9.57. The molecule has 2 unspecified atom stereocenters. The predicted octanol–water partition coefficient (Wildman–Crippen LogP) is 2.83. The Kier molecular flexibility index (Phi) is 2.67. The molecule has 1 aromatic carbocycles. The number of ether oxygens (including phenoxy) is 1. The lowest BCUT2D eigenvalue weighted by Gasteiger charge is -2.27. The van der Waals surface area contributed by atoms with Crippen molar-refractivity contribution < 1.29 is 23.0 Å². The van der Waals surface area contributed by atoms with E-state index in [9.17, 15) is 18.3 Å². The summed E-state index contributed by atoms with van der Waals surface area (Å²) in [5.41, 5.74) is 0.219. The first-order valence-electron chi connectivity index (χ1n) is 4.90. The van der Waals surface area contributed by atoms with Gasteiger partial charge >= 0.3 is 6.18 Å². The van der Waals surface area contributed by atoms with Crippen LogP contribution < -0.4 is 0 Å². The van der Waals surface area contributed by atoms with Crippen molar-refractivity contribution >= 4 is 0 Å². The number of rotatable bonds is 0. The first-order valence-corrected chi connectivity index (χ1v) is 4.90. The van der Waals surface area contributed by atoms with E-state index in [1.807, 2.05) is 0 Å². The standard InChI is InChI=1S/C11H11F3O2/c1-6-9-4-7(11(12,13)14)2-3-8(9)10(15)5-16-6/h2-4,6,10,15H,5H2,1H3. The Bertz CT molecular complexity index is 401. The van der Waals surface area contributed by atoms with Crippen LogP contribution in [0.5, 0.6) is 0 Å². The number of fused-ring (bicyclic) bond motifs is 1. The molecule has 2 nitrogen and oxygen atoms in total. The molecular formula is C11H11F3O2. The summed E-state index contributed by atoms with van der Waals surface area (Å²) in [5.74, 6) is 0. The largest absolute Gasteiger partial charge is 0.416 e. The fourth-order valence-electron chi connectivity index (χ4n) is 1.82. The molecule has 0 saturated heterocycles. The van der Waals surface area contributed by atoms with Crippen LogP contribution in [-0.4, -0.2) is 11.7 Å². The molecule has 0 fully saturated rings. The Morgan fingerprint density at radius 2 is 2.00 bits per heavy atom. The van der Waals surface area contributed by atoms with Crippen LogP contribution in [0.1, 0.15) is 35.8 Å². The molecule has 1 N–H and O–H groups in total. The SMILES string of the molecule is CC1OCC(O)c2ccc(C(F)(F)F)cc21. The van der Waals surface area contributed by atoms with Gasteiger partial charge in [0.15, 0.2) is 0 Å². The number of halogens is 3. The number of hydrogen-bond acceptors (Lipinski definition) is 2. The Labute approximate surface area is 90.7 Å². The second kappa shape index (κ2) is 3.75. The Morgan fingerprint density at radius 1 is 1.31 bits per heavy atom. The summed E-state index contributed by atoms with van der Waals surface area (Å²) >= 11 is 0. The summed E-state index contributed by atoms with van der Waals surface area (Å²) < 4.78 is 42.6. The summed E-state index contributed by atoms with van der Waals surface area (Å²) in [4.78, 5) is 0. The second-order valence-corrected chi connectivity index (χ2v) is 3.83. The minimum atomic E-state index is -4.36. The van der Waals surface area contributed by atoms with Crippen molar-refractivity contribution in [1.29, 1.82) is 0 Å². The van der Waals surface area contributed by atoms with E-state index in [0.717, 1.165) is 12.1 Å². The van der Waals surface area contributed by atoms with Crippen molar-refractivity contribution in [3.05, 3.63) is 34.9 Å². The summed E-state index contributed by atoms with van der Waals surface area (Å²) in [6.45, 7) is 1.80. The maximum Gasteiger partial charge on any atom is 0.416 e. The molecule has 0 amide bonds. The molecule has 0 radical (unpaired) electrons. The molecule has 0 aliphatic carbocycles. The summed E-state index contributed by atoms with van der Waals surface area (Å²) in [6.07, 6.45) is -5.62. The third-order valence-electron chi connectivity index (χ3n) is 2.72. The molecule has 5 heteroatoms. The van der Waals surface area contributed by atoms with Crippen LogP contribution in [0.2, 0.25) is 0 Å². The number of aliphatic hydroxyl groups excluding tert-OH is 1. The van der Waals surface area contributed by atoms with Gasteiger partial charge in [0, 0.05) is 0 Å². The lowest BCUT2D eigenvalue weighted by Crippen LogP contribution is -2.20. The van der Waals surface area contributed by atoms with E-state index in [2.05, 4.69) is 0 Å². The fraction of sp³-hybridized carbons (Fsp3) is 0.455. The van der Waals surface area contributed by atoms with Gasteiger partial charge in [0.25, 0.3) is 0 Å². The lowest BCUT2D eigenvalue weighted by atomic mass is 9.94. The third kappa shape index (κ3) is 1.92. The van der Waals surface area contributed by atoms with Gasteiger partial charge in [-0.25, -0.2) is 0 Å². The van der Waals surface area contributed by atoms with E-state index >= 15 is 0 Å². The molecule has 1 aliphatic heterocycles. The monoisotopic (exact) mass is 232 g/mol. The van der Waals surface area contributed by atoms with Gasteiger partial charge < -0.3 is 9.84 Å². The van der Waals surface area contributed by atoms with Crippen molar-refractivity contribution in [1.82, 2.24) is 0 Å². The highest BCUT2D eigenvalue weighted by atomic mass is 19.4. The molecule has 0 bridgehead atoms. The molecule has 0 aromatic heterocycles. The molecule has 1 aromatic rings. The lowest BCUT2D eigenvalue weighted by molar-refractivity contribution is -0.137. The van der Waals surface area contributed by atoms with Gasteiger partial charge in [0.1, 0.15) is 6.10 Å². The Hall–Kier alpha value is -1.07. The molecule has 0 spiro atoms. The van der Waals surface area contributed by atoms with Crippen LogP contribution in [0.3, 0.4) is 0 Å². The van der Waals surface area contributed by atoms with Crippen LogP contribution in [0.15, 0.2) is 18.2 Å². The van der Waals surface area contributed by atoms with Crippen LogP contribution in [0.25, 0.3) is 0 Å². The Balaban J connectivity index is 2.48. The van der Waals surface area contributed by atoms with Gasteiger partial charge in [-0.3, -0.25) is 0 Å². The predicted molar refractivity (Wildman–Crippen MR) is 50.8 cm³/mol. The van der Waals surface area contributed by atoms with Crippen molar-refractivity contribution in [3.8, 4) is 0 Å². The van der Waals surface area contributed by atoms with Gasteiger partial charge in [-0.1, -0.05) is 6.07 Å². The first-order chi connectivity index (χ1) is 7.39. The number of hydrogen-bond donors (Lipinski definition) is 1. The minimum absolute atomic E-state index is 0.125. The summed E-state index contributed by atoms with van der Waals surface area (Å²) in [6, 6.07) is 3.35. The van der Waals surface area contributed by atoms with Crippen LogP contribution >= 0.6 is 0 Å². The summed E-state index contributed by atoms with van der Waals surface area (Å²) in [7, 11) is 0. The molecule has 1 aliphatic rings. The van der Waals surface area contributed by atoms with Gasteiger partial charge in [0.05, 0.1) is 18.3 Å². The maximum atomic E-state index is 12.5. The normalized spacial score (nSPS) is 25.3. The van der Waals surface area contributed by atoms with E-state index in [-0.39, 0.29) is 6.61 Å². The molecule has 1 heterocycles. The van der Waals surface area contributed by atoms with Gasteiger partial charge in [-0.15, -0.1) is 0 Å². The number of benzene rings is 1. The smallest absolute Gasteiger partial charge is 0.386 e. The molecule has 0 saturated carbocycles. The number of aliphatic hydroxyl groups is 1. The third-order valence-corrected chi connectivity index (χ3v) is 2.72. The van der Waals surface area contributed by atoms with Crippen molar-refractivity contribution in [2.24, 2.45) is 0 Å². The zero-order valence-electron chi connectivity index (χ0n) is 8.58. The highest BCUT2D eigenvalue weighted by Gasteiger charge is 2.33. The maximum absolute atomic E-state index is 12.5. The highest BCUT2D eigenvalue weighted by Crippen LogP contribution is 2.37.